The van der Waals surface area contributed by atoms with Gasteiger partial charge in [-0.1, -0.05) is 15.9 Å². The van der Waals surface area contributed by atoms with Crippen LogP contribution < -0.4 is 0 Å². The van der Waals surface area contributed by atoms with Crippen LogP contribution in [-0.2, 0) is 0 Å². The standard InChI is InChI=1S/C12H11BrN2O/c1-8-5-11(13)3-4-12(8)15-9(2)10(7-16)6-14-15/h3-7H,1-2H3. The highest BCUT2D eigenvalue weighted by Crippen LogP contribution is 2.20. The van der Waals surface area contributed by atoms with Gasteiger partial charge in [0.2, 0.25) is 0 Å². The zero-order chi connectivity index (χ0) is 11.7. The number of nitrogens with zero attached hydrogens (tertiary/aromatic N) is 2. The van der Waals surface area contributed by atoms with Crippen LogP contribution in [0.3, 0.4) is 0 Å². The van der Waals surface area contributed by atoms with Crippen molar-refractivity contribution in [1.82, 2.24) is 9.78 Å². The predicted octanol–water partition coefficient (Wildman–Crippen LogP) is 3.06. The van der Waals surface area contributed by atoms with E-state index in [1.165, 1.54) is 0 Å². The molecule has 0 aliphatic rings. The quantitative estimate of drug-likeness (QED) is 0.792. The Kier molecular flexibility index (Phi) is 2.92. The summed E-state index contributed by atoms with van der Waals surface area (Å²) < 4.78 is 2.82. The van der Waals surface area contributed by atoms with Gasteiger partial charge in [0.25, 0.3) is 0 Å². The molecule has 2 rings (SSSR count). The molecule has 0 bridgehead atoms. The van der Waals surface area contributed by atoms with E-state index in [9.17, 15) is 4.79 Å². The Morgan fingerprint density at radius 1 is 1.38 bits per heavy atom. The van der Waals surface area contributed by atoms with E-state index in [0.717, 1.165) is 27.7 Å². The van der Waals surface area contributed by atoms with Gasteiger partial charge in [0.15, 0.2) is 6.29 Å². The predicted molar refractivity (Wildman–Crippen MR) is 66.1 cm³/mol. The largest absolute Gasteiger partial charge is 0.298 e. The van der Waals surface area contributed by atoms with Gasteiger partial charge in [-0.3, -0.25) is 4.79 Å². The van der Waals surface area contributed by atoms with Crippen molar-refractivity contribution in [3.63, 3.8) is 0 Å². The summed E-state index contributed by atoms with van der Waals surface area (Å²) in [7, 11) is 0. The molecular formula is C12H11BrN2O. The number of halogens is 1. The Bertz CT molecular complexity index is 546. The van der Waals surface area contributed by atoms with Crippen molar-refractivity contribution < 1.29 is 4.79 Å². The summed E-state index contributed by atoms with van der Waals surface area (Å²) in [6, 6.07) is 5.97. The van der Waals surface area contributed by atoms with Crippen molar-refractivity contribution in [3.05, 3.63) is 45.7 Å². The molecule has 0 spiro atoms. The minimum absolute atomic E-state index is 0.627. The van der Waals surface area contributed by atoms with Crippen LogP contribution in [0.1, 0.15) is 21.6 Å². The summed E-state index contributed by atoms with van der Waals surface area (Å²) in [5.41, 5.74) is 3.59. The first-order chi connectivity index (χ1) is 7.63. The number of hydrogen-bond acceptors (Lipinski definition) is 2. The second-order valence-electron chi connectivity index (χ2n) is 3.65. The topological polar surface area (TPSA) is 34.9 Å². The van der Waals surface area contributed by atoms with E-state index in [-0.39, 0.29) is 0 Å². The molecule has 2 aromatic rings. The number of aryl methyl sites for hydroxylation is 1. The fourth-order valence-electron chi connectivity index (χ4n) is 1.64. The molecule has 1 aromatic heterocycles. The number of carbonyl (C=O) groups excluding carboxylic acids is 1. The maximum absolute atomic E-state index is 10.8. The third-order valence-corrected chi connectivity index (χ3v) is 3.06. The monoisotopic (exact) mass is 278 g/mol. The molecule has 0 saturated heterocycles. The van der Waals surface area contributed by atoms with E-state index in [2.05, 4.69) is 21.0 Å². The highest BCUT2D eigenvalue weighted by molar-refractivity contribution is 9.10. The molecule has 1 aromatic carbocycles. The lowest BCUT2D eigenvalue weighted by molar-refractivity contribution is 0.112. The van der Waals surface area contributed by atoms with Gasteiger partial charge in [-0.2, -0.15) is 5.10 Å². The zero-order valence-electron chi connectivity index (χ0n) is 9.07. The molecule has 82 valence electrons. The fourth-order valence-corrected chi connectivity index (χ4v) is 2.11. The highest BCUT2D eigenvalue weighted by atomic mass is 79.9. The van der Waals surface area contributed by atoms with E-state index in [1.807, 2.05) is 32.0 Å². The molecule has 0 aliphatic carbocycles. The van der Waals surface area contributed by atoms with Gasteiger partial charge in [-0.05, 0) is 37.6 Å². The minimum Gasteiger partial charge on any atom is -0.298 e. The Balaban J connectivity index is 2.58. The van der Waals surface area contributed by atoms with Crippen LogP contribution in [0.2, 0.25) is 0 Å². The first-order valence-corrected chi connectivity index (χ1v) is 5.69. The molecule has 0 aliphatic heterocycles. The summed E-state index contributed by atoms with van der Waals surface area (Å²) in [6.45, 7) is 3.90. The highest BCUT2D eigenvalue weighted by Gasteiger charge is 2.09. The molecule has 3 nitrogen and oxygen atoms in total. The van der Waals surface area contributed by atoms with Crippen molar-refractivity contribution in [2.75, 3.05) is 0 Å². The Morgan fingerprint density at radius 2 is 2.12 bits per heavy atom. The molecule has 4 heteroatoms. The van der Waals surface area contributed by atoms with Crippen LogP contribution >= 0.6 is 15.9 Å². The molecule has 0 amide bonds. The van der Waals surface area contributed by atoms with Crippen molar-refractivity contribution in [1.29, 1.82) is 0 Å². The molecule has 0 unspecified atom stereocenters. The second kappa shape index (κ2) is 4.22. The van der Waals surface area contributed by atoms with Gasteiger partial charge in [-0.15, -0.1) is 0 Å². The van der Waals surface area contributed by atoms with Crippen molar-refractivity contribution in [3.8, 4) is 5.69 Å². The SMILES string of the molecule is Cc1cc(Br)ccc1-n1ncc(C=O)c1C. The zero-order valence-corrected chi connectivity index (χ0v) is 10.7. The van der Waals surface area contributed by atoms with Crippen LogP contribution in [0.5, 0.6) is 0 Å². The van der Waals surface area contributed by atoms with Crippen LogP contribution in [-0.4, -0.2) is 16.1 Å². The molecule has 0 saturated carbocycles. The maximum Gasteiger partial charge on any atom is 0.153 e. The molecule has 0 radical (unpaired) electrons. The van der Waals surface area contributed by atoms with Gasteiger partial charge in [0.05, 0.1) is 23.1 Å². The first kappa shape index (κ1) is 11.1. The molecular weight excluding hydrogens is 268 g/mol. The summed E-state index contributed by atoms with van der Waals surface area (Å²) >= 11 is 3.42. The average molecular weight is 279 g/mol. The smallest absolute Gasteiger partial charge is 0.153 e. The van der Waals surface area contributed by atoms with E-state index in [4.69, 9.17) is 0 Å². The summed E-state index contributed by atoms with van der Waals surface area (Å²) in [4.78, 5) is 10.8. The second-order valence-corrected chi connectivity index (χ2v) is 4.56. The summed E-state index contributed by atoms with van der Waals surface area (Å²) in [5, 5.41) is 4.22. The van der Waals surface area contributed by atoms with Crippen LogP contribution in [0.4, 0.5) is 0 Å². The van der Waals surface area contributed by atoms with Gasteiger partial charge in [-0.25, -0.2) is 4.68 Å². The van der Waals surface area contributed by atoms with Crippen LogP contribution in [0.25, 0.3) is 5.69 Å². The third kappa shape index (κ3) is 1.80. The minimum atomic E-state index is 0.627. The average Bonchev–Trinajstić information content (AvgIpc) is 2.60. The van der Waals surface area contributed by atoms with Crippen molar-refractivity contribution in [2.24, 2.45) is 0 Å². The molecule has 16 heavy (non-hydrogen) atoms. The number of carbonyl (C=O) groups is 1. The van der Waals surface area contributed by atoms with Crippen LogP contribution in [0.15, 0.2) is 28.9 Å². The van der Waals surface area contributed by atoms with E-state index < -0.39 is 0 Å². The molecule has 1 heterocycles. The molecule has 0 atom stereocenters. The van der Waals surface area contributed by atoms with E-state index in [0.29, 0.717) is 5.56 Å². The fraction of sp³-hybridized carbons (Fsp3) is 0.167. The first-order valence-electron chi connectivity index (χ1n) is 4.90. The van der Waals surface area contributed by atoms with Crippen LogP contribution in [0, 0.1) is 13.8 Å². The number of aldehydes is 1. The van der Waals surface area contributed by atoms with E-state index in [1.54, 1.807) is 10.9 Å². The van der Waals surface area contributed by atoms with Gasteiger partial charge in [0.1, 0.15) is 0 Å². The summed E-state index contributed by atoms with van der Waals surface area (Å²) in [6.07, 6.45) is 2.41. The lowest BCUT2D eigenvalue weighted by Crippen LogP contribution is -2.01. The number of rotatable bonds is 2. The van der Waals surface area contributed by atoms with Gasteiger partial charge in [0, 0.05) is 4.47 Å². The number of benzene rings is 1. The number of hydrogen-bond donors (Lipinski definition) is 0. The Labute approximate surface area is 102 Å². The third-order valence-electron chi connectivity index (χ3n) is 2.56. The van der Waals surface area contributed by atoms with Gasteiger partial charge >= 0.3 is 0 Å². The summed E-state index contributed by atoms with van der Waals surface area (Å²) in [5.74, 6) is 0. The molecule has 0 fully saturated rings. The normalized spacial score (nSPS) is 10.4. The molecule has 0 N–H and O–H groups in total. The van der Waals surface area contributed by atoms with Crippen molar-refractivity contribution >= 4 is 22.2 Å². The van der Waals surface area contributed by atoms with Gasteiger partial charge < -0.3 is 0 Å². The lowest BCUT2D eigenvalue weighted by atomic mass is 10.2. The lowest BCUT2D eigenvalue weighted by Gasteiger charge is -2.08. The van der Waals surface area contributed by atoms with E-state index >= 15 is 0 Å². The Morgan fingerprint density at radius 3 is 2.69 bits per heavy atom. The maximum atomic E-state index is 10.8. The Hall–Kier alpha value is -1.42. The number of aromatic nitrogens is 2. The van der Waals surface area contributed by atoms with Crippen molar-refractivity contribution in [2.45, 2.75) is 13.8 Å².